The van der Waals surface area contributed by atoms with Gasteiger partial charge in [-0.15, -0.1) is 11.3 Å². The lowest BCUT2D eigenvalue weighted by atomic mass is 10.3. The van der Waals surface area contributed by atoms with Crippen molar-refractivity contribution in [1.29, 1.82) is 0 Å². The minimum Gasteiger partial charge on any atom is -0.477 e. The summed E-state index contributed by atoms with van der Waals surface area (Å²) >= 11 is 4.09. The van der Waals surface area contributed by atoms with Crippen molar-refractivity contribution in [2.45, 2.75) is 18.2 Å². The zero-order chi connectivity index (χ0) is 15.6. The fourth-order valence-electron chi connectivity index (χ4n) is 2.28. The number of carboxylic acid groups (broad SMARTS) is 1. The normalized spacial score (nSPS) is 18.0. The molecule has 9 heteroatoms. The van der Waals surface area contributed by atoms with Crippen molar-refractivity contribution < 1.29 is 18.3 Å². The second-order valence-corrected chi connectivity index (χ2v) is 9.08. The molecule has 21 heavy (non-hydrogen) atoms. The first-order chi connectivity index (χ1) is 9.86. The zero-order valence-electron chi connectivity index (χ0n) is 11.6. The van der Waals surface area contributed by atoms with Crippen LogP contribution in [0.2, 0.25) is 0 Å². The summed E-state index contributed by atoms with van der Waals surface area (Å²) in [6.07, 6.45) is 1.05. The Balaban J connectivity index is 2.18. The molecule has 0 aliphatic carbocycles. The minimum absolute atomic E-state index is 0.0186. The Morgan fingerprint density at radius 1 is 1.38 bits per heavy atom. The van der Waals surface area contributed by atoms with E-state index in [0.717, 1.165) is 24.3 Å². The van der Waals surface area contributed by atoms with Gasteiger partial charge in [0.1, 0.15) is 9.77 Å². The average Bonchev–Trinajstić information content (AvgIpc) is 2.83. The van der Waals surface area contributed by atoms with E-state index in [1.807, 2.05) is 0 Å². The van der Waals surface area contributed by atoms with Gasteiger partial charge in [-0.3, -0.25) is 0 Å². The molecule has 1 saturated heterocycles. The fraction of sp³-hybridized carbons (Fsp3) is 0.583. The van der Waals surface area contributed by atoms with Crippen LogP contribution in [0.3, 0.4) is 0 Å². The van der Waals surface area contributed by atoms with Crippen LogP contribution in [0.5, 0.6) is 0 Å². The molecule has 1 aromatic heterocycles. The first kappa shape index (κ1) is 16.9. The van der Waals surface area contributed by atoms with Gasteiger partial charge >= 0.3 is 5.97 Å². The molecular weight excluding hydrogens is 380 g/mol. The Kier molecular flexibility index (Phi) is 5.42. The Hall–Kier alpha value is -0.480. The topological polar surface area (TPSA) is 77.9 Å². The monoisotopic (exact) mass is 396 g/mol. The number of hydrogen-bond donors (Lipinski definition) is 1. The summed E-state index contributed by atoms with van der Waals surface area (Å²) in [5.41, 5.74) is 0. The number of hydrogen-bond acceptors (Lipinski definition) is 5. The summed E-state index contributed by atoms with van der Waals surface area (Å²) < 4.78 is 27.0. The third-order valence-corrected chi connectivity index (χ3v) is 7.49. The first-order valence-electron chi connectivity index (χ1n) is 6.61. The molecule has 6 nitrogen and oxygen atoms in total. The summed E-state index contributed by atoms with van der Waals surface area (Å²) in [7, 11) is -3.64. The molecule has 1 aromatic rings. The molecule has 118 valence electrons. The van der Waals surface area contributed by atoms with Crippen LogP contribution < -0.4 is 0 Å². The van der Waals surface area contributed by atoms with Gasteiger partial charge in [-0.1, -0.05) is 6.92 Å². The summed E-state index contributed by atoms with van der Waals surface area (Å²) in [6.45, 7) is 5.36. The Morgan fingerprint density at radius 3 is 2.48 bits per heavy atom. The van der Waals surface area contributed by atoms with Crippen molar-refractivity contribution in [1.82, 2.24) is 9.21 Å². The SMILES string of the molecule is CCCN1CCN(S(=O)(=O)c2cc(C(=O)O)sc2Br)CC1. The number of nitrogens with zero attached hydrogens (tertiary/aromatic N) is 2. The molecule has 0 amide bonds. The van der Waals surface area contributed by atoms with Gasteiger partial charge in [0.05, 0.1) is 3.79 Å². The number of halogens is 1. The quantitative estimate of drug-likeness (QED) is 0.822. The van der Waals surface area contributed by atoms with Gasteiger partial charge in [0.15, 0.2) is 0 Å². The van der Waals surface area contributed by atoms with Gasteiger partial charge in [0, 0.05) is 26.2 Å². The molecule has 1 N–H and O–H groups in total. The van der Waals surface area contributed by atoms with Crippen LogP contribution in [0.4, 0.5) is 0 Å². The molecule has 2 heterocycles. The van der Waals surface area contributed by atoms with E-state index >= 15 is 0 Å². The number of sulfonamides is 1. The first-order valence-corrected chi connectivity index (χ1v) is 9.66. The number of carboxylic acids is 1. The molecule has 1 aliphatic heterocycles. The van der Waals surface area contributed by atoms with E-state index in [4.69, 9.17) is 5.11 Å². The molecule has 0 aromatic carbocycles. The lowest BCUT2D eigenvalue weighted by Gasteiger charge is -2.33. The Labute approximate surface area is 136 Å². The van der Waals surface area contributed by atoms with Gasteiger partial charge in [-0.05, 0) is 35.0 Å². The van der Waals surface area contributed by atoms with Crippen LogP contribution in [0.25, 0.3) is 0 Å². The van der Waals surface area contributed by atoms with Gasteiger partial charge in [0.2, 0.25) is 10.0 Å². The van der Waals surface area contributed by atoms with Crippen molar-refractivity contribution in [3.05, 3.63) is 14.7 Å². The predicted molar refractivity (Wildman–Crippen MR) is 84.5 cm³/mol. The Morgan fingerprint density at radius 2 is 2.00 bits per heavy atom. The van der Waals surface area contributed by atoms with Gasteiger partial charge < -0.3 is 10.0 Å². The van der Waals surface area contributed by atoms with E-state index in [1.54, 1.807) is 0 Å². The van der Waals surface area contributed by atoms with Crippen LogP contribution in [-0.2, 0) is 10.0 Å². The minimum atomic E-state index is -3.64. The highest BCUT2D eigenvalue weighted by molar-refractivity contribution is 9.11. The van der Waals surface area contributed by atoms with Gasteiger partial charge in [0.25, 0.3) is 0 Å². The maximum absolute atomic E-state index is 12.6. The van der Waals surface area contributed by atoms with E-state index in [0.29, 0.717) is 30.0 Å². The number of aromatic carboxylic acids is 1. The van der Waals surface area contributed by atoms with E-state index in [9.17, 15) is 13.2 Å². The van der Waals surface area contributed by atoms with Crippen molar-refractivity contribution in [3.8, 4) is 0 Å². The summed E-state index contributed by atoms with van der Waals surface area (Å²) in [5.74, 6) is -1.12. The van der Waals surface area contributed by atoms with Crippen LogP contribution in [-0.4, -0.2) is 61.4 Å². The van der Waals surface area contributed by atoms with E-state index in [-0.39, 0.29) is 9.77 Å². The van der Waals surface area contributed by atoms with Crippen molar-refractivity contribution >= 4 is 43.3 Å². The number of rotatable bonds is 5. The molecule has 0 bridgehead atoms. The lowest BCUT2D eigenvalue weighted by Crippen LogP contribution is -2.48. The van der Waals surface area contributed by atoms with Crippen molar-refractivity contribution in [3.63, 3.8) is 0 Å². The number of thiophene rings is 1. The van der Waals surface area contributed by atoms with Crippen LogP contribution in [0, 0.1) is 0 Å². The molecule has 0 unspecified atom stereocenters. The van der Waals surface area contributed by atoms with Crippen LogP contribution in [0.1, 0.15) is 23.0 Å². The number of piperazine rings is 1. The molecule has 2 rings (SSSR count). The van der Waals surface area contributed by atoms with Crippen LogP contribution >= 0.6 is 27.3 Å². The third-order valence-electron chi connectivity index (χ3n) is 3.36. The van der Waals surface area contributed by atoms with Crippen LogP contribution in [0.15, 0.2) is 14.7 Å². The smallest absolute Gasteiger partial charge is 0.345 e. The summed E-state index contributed by atoms with van der Waals surface area (Å²) in [4.78, 5) is 13.3. The largest absolute Gasteiger partial charge is 0.477 e. The number of carbonyl (C=O) groups is 1. The standard InChI is InChI=1S/C12H17BrN2O4S2/c1-2-3-14-4-6-15(7-5-14)21(18,19)10-8-9(12(16)17)20-11(10)13/h8H,2-7H2,1H3,(H,16,17). The van der Waals surface area contributed by atoms with E-state index in [2.05, 4.69) is 27.8 Å². The molecule has 0 spiro atoms. The van der Waals surface area contributed by atoms with Crippen molar-refractivity contribution in [2.24, 2.45) is 0 Å². The van der Waals surface area contributed by atoms with Gasteiger partial charge in [-0.25, -0.2) is 13.2 Å². The fourth-order valence-corrected chi connectivity index (χ4v) is 6.06. The highest BCUT2D eigenvalue weighted by atomic mass is 79.9. The summed E-state index contributed by atoms with van der Waals surface area (Å²) in [5, 5.41) is 8.97. The second kappa shape index (κ2) is 6.74. The maximum Gasteiger partial charge on any atom is 0.345 e. The predicted octanol–water partition coefficient (Wildman–Crippen LogP) is 1.93. The highest BCUT2D eigenvalue weighted by Crippen LogP contribution is 2.33. The van der Waals surface area contributed by atoms with E-state index in [1.165, 1.54) is 10.4 Å². The molecule has 0 saturated carbocycles. The molecule has 0 atom stereocenters. The average molecular weight is 397 g/mol. The molecular formula is C12H17BrN2O4S2. The van der Waals surface area contributed by atoms with Crippen molar-refractivity contribution in [2.75, 3.05) is 32.7 Å². The molecule has 0 radical (unpaired) electrons. The summed E-state index contributed by atoms with van der Waals surface area (Å²) in [6, 6.07) is 1.23. The third kappa shape index (κ3) is 3.65. The Bertz CT molecular complexity index is 621. The van der Waals surface area contributed by atoms with E-state index < -0.39 is 16.0 Å². The molecule has 1 fully saturated rings. The zero-order valence-corrected chi connectivity index (χ0v) is 14.8. The van der Waals surface area contributed by atoms with Gasteiger partial charge in [-0.2, -0.15) is 4.31 Å². The lowest BCUT2D eigenvalue weighted by molar-refractivity contribution is 0.0702. The molecule has 1 aliphatic rings. The maximum atomic E-state index is 12.6. The highest BCUT2D eigenvalue weighted by Gasteiger charge is 2.31. The second-order valence-electron chi connectivity index (χ2n) is 4.80.